The van der Waals surface area contributed by atoms with Crippen molar-refractivity contribution in [1.29, 1.82) is 0 Å². The molecule has 1 fully saturated rings. The summed E-state index contributed by atoms with van der Waals surface area (Å²) < 4.78 is 47.5. The monoisotopic (exact) mass is 241 g/mol. The molecule has 0 saturated heterocycles. The molecule has 0 aromatic carbocycles. The van der Waals surface area contributed by atoms with E-state index >= 15 is 0 Å². The fourth-order valence-electron chi connectivity index (χ4n) is 1.96. The van der Waals surface area contributed by atoms with Crippen LogP contribution in [0.25, 0.3) is 0 Å². The van der Waals surface area contributed by atoms with Gasteiger partial charge in [0.25, 0.3) is 0 Å². The Hall–Kier alpha value is -0.330. The highest BCUT2D eigenvalue weighted by Crippen LogP contribution is 2.37. The van der Waals surface area contributed by atoms with Crippen molar-refractivity contribution in [3.63, 3.8) is 0 Å². The molecule has 0 heterocycles. The number of ether oxygens (including phenoxy) is 2. The number of methoxy groups -OCH3 is 1. The van der Waals surface area contributed by atoms with Crippen LogP contribution in [0.15, 0.2) is 0 Å². The van der Waals surface area contributed by atoms with Crippen LogP contribution in [-0.4, -0.2) is 38.6 Å². The molecule has 1 saturated carbocycles. The maximum absolute atomic E-state index is 12.4. The molecule has 96 valence electrons. The lowest BCUT2D eigenvalue weighted by molar-refractivity contribution is -0.190. The second kappa shape index (κ2) is 5.84. The van der Waals surface area contributed by atoms with Crippen molar-refractivity contribution in [2.45, 2.75) is 37.6 Å². The van der Waals surface area contributed by atoms with Crippen LogP contribution in [0.4, 0.5) is 13.2 Å². The summed E-state index contributed by atoms with van der Waals surface area (Å²) in [6.07, 6.45) is -3.96. The third-order valence-corrected chi connectivity index (χ3v) is 2.92. The van der Waals surface area contributed by atoms with Gasteiger partial charge in [-0.05, 0) is 19.3 Å². The van der Waals surface area contributed by atoms with Gasteiger partial charge in [0.05, 0.1) is 25.2 Å². The predicted molar refractivity (Wildman–Crippen MR) is 53.0 cm³/mol. The van der Waals surface area contributed by atoms with Crippen LogP contribution in [0, 0.1) is 5.92 Å². The molecule has 0 spiro atoms. The molecular formula is C10H18F3NO2. The molecule has 1 aliphatic rings. The zero-order valence-corrected chi connectivity index (χ0v) is 9.30. The molecule has 0 amide bonds. The van der Waals surface area contributed by atoms with Crippen LogP contribution >= 0.6 is 0 Å². The highest BCUT2D eigenvalue weighted by Gasteiger charge is 2.44. The largest absolute Gasteiger partial charge is 0.391 e. The second-order valence-electron chi connectivity index (χ2n) is 4.12. The first kappa shape index (κ1) is 13.7. The number of hydrogen-bond acceptors (Lipinski definition) is 3. The van der Waals surface area contributed by atoms with Gasteiger partial charge < -0.3 is 15.2 Å². The van der Waals surface area contributed by atoms with Crippen LogP contribution in [-0.2, 0) is 9.47 Å². The smallest absolute Gasteiger partial charge is 0.382 e. The maximum atomic E-state index is 12.4. The summed E-state index contributed by atoms with van der Waals surface area (Å²) >= 11 is 0. The van der Waals surface area contributed by atoms with Gasteiger partial charge in [-0.15, -0.1) is 0 Å². The zero-order chi connectivity index (χ0) is 12.2. The molecule has 1 aliphatic carbocycles. The Morgan fingerprint density at radius 3 is 2.44 bits per heavy atom. The minimum absolute atomic E-state index is 0.0405. The Kier molecular flexibility index (Phi) is 5.01. The number of hydrogen-bond donors (Lipinski definition) is 1. The minimum Gasteiger partial charge on any atom is -0.382 e. The van der Waals surface area contributed by atoms with Crippen LogP contribution in [0.2, 0.25) is 0 Å². The zero-order valence-electron chi connectivity index (χ0n) is 9.30. The standard InChI is InChI=1S/C10H18F3NO2/c1-15-4-5-16-9-3-2-7(6-8(9)14)10(11,12)13/h7-9H,2-6,14H2,1H3/t7-,8+,9-/m1/s1. The lowest BCUT2D eigenvalue weighted by atomic mass is 9.84. The van der Waals surface area contributed by atoms with Gasteiger partial charge in [-0.2, -0.15) is 13.2 Å². The highest BCUT2D eigenvalue weighted by molar-refractivity contribution is 4.86. The highest BCUT2D eigenvalue weighted by atomic mass is 19.4. The van der Waals surface area contributed by atoms with Crippen molar-refractivity contribution in [3.05, 3.63) is 0 Å². The fourth-order valence-corrected chi connectivity index (χ4v) is 1.96. The lowest BCUT2D eigenvalue weighted by Gasteiger charge is -2.34. The molecule has 3 atom stereocenters. The normalized spacial score (nSPS) is 31.7. The molecule has 0 aromatic heterocycles. The molecule has 2 N–H and O–H groups in total. The van der Waals surface area contributed by atoms with Crippen molar-refractivity contribution in [2.75, 3.05) is 20.3 Å². The quantitative estimate of drug-likeness (QED) is 0.762. The fraction of sp³-hybridized carbons (Fsp3) is 1.00. The van der Waals surface area contributed by atoms with E-state index in [1.54, 1.807) is 7.11 Å². The van der Waals surface area contributed by atoms with Crippen LogP contribution < -0.4 is 5.73 Å². The van der Waals surface area contributed by atoms with Crippen molar-refractivity contribution in [2.24, 2.45) is 11.7 Å². The van der Waals surface area contributed by atoms with E-state index in [1.165, 1.54) is 0 Å². The van der Waals surface area contributed by atoms with Crippen LogP contribution in [0.1, 0.15) is 19.3 Å². The van der Waals surface area contributed by atoms with Gasteiger partial charge in [-0.1, -0.05) is 0 Å². The third-order valence-electron chi connectivity index (χ3n) is 2.92. The first-order chi connectivity index (χ1) is 7.45. The number of halogens is 3. The Morgan fingerprint density at radius 1 is 1.25 bits per heavy atom. The SMILES string of the molecule is COCCO[C@@H]1CC[C@@H](C(F)(F)F)C[C@@H]1N. The molecule has 0 bridgehead atoms. The molecule has 16 heavy (non-hydrogen) atoms. The summed E-state index contributed by atoms with van der Waals surface area (Å²) in [7, 11) is 1.55. The van der Waals surface area contributed by atoms with E-state index in [2.05, 4.69) is 0 Å². The summed E-state index contributed by atoms with van der Waals surface area (Å²) in [4.78, 5) is 0. The Balaban J connectivity index is 2.34. The van der Waals surface area contributed by atoms with Gasteiger partial charge >= 0.3 is 6.18 Å². The van der Waals surface area contributed by atoms with E-state index in [1.807, 2.05) is 0 Å². The van der Waals surface area contributed by atoms with Gasteiger partial charge in [-0.3, -0.25) is 0 Å². The van der Waals surface area contributed by atoms with Crippen molar-refractivity contribution in [1.82, 2.24) is 0 Å². The van der Waals surface area contributed by atoms with E-state index in [0.717, 1.165) is 0 Å². The van der Waals surface area contributed by atoms with Gasteiger partial charge in [-0.25, -0.2) is 0 Å². The Bertz CT molecular complexity index is 211. The summed E-state index contributed by atoms with van der Waals surface area (Å²) in [5.74, 6) is -1.27. The topological polar surface area (TPSA) is 44.5 Å². The molecule has 6 heteroatoms. The third kappa shape index (κ3) is 3.92. The molecule has 3 nitrogen and oxygen atoms in total. The summed E-state index contributed by atoms with van der Waals surface area (Å²) in [6, 6.07) is -0.530. The van der Waals surface area contributed by atoms with E-state index < -0.39 is 18.1 Å². The molecule has 0 unspecified atom stereocenters. The van der Waals surface area contributed by atoms with Crippen molar-refractivity contribution < 1.29 is 22.6 Å². The Labute approximate surface area is 93.1 Å². The van der Waals surface area contributed by atoms with E-state index in [4.69, 9.17) is 15.2 Å². The molecule has 0 aliphatic heterocycles. The first-order valence-electron chi connectivity index (χ1n) is 5.38. The minimum atomic E-state index is -4.13. The molecule has 0 aromatic rings. The average Bonchev–Trinajstić information content (AvgIpc) is 2.19. The lowest BCUT2D eigenvalue weighted by Crippen LogP contribution is -2.45. The molecule has 0 radical (unpaired) electrons. The summed E-state index contributed by atoms with van der Waals surface area (Å²) in [6.45, 7) is 0.817. The summed E-state index contributed by atoms with van der Waals surface area (Å²) in [5.41, 5.74) is 5.68. The molecule has 1 rings (SSSR count). The van der Waals surface area contributed by atoms with Crippen molar-refractivity contribution >= 4 is 0 Å². The second-order valence-corrected chi connectivity index (χ2v) is 4.12. The van der Waals surface area contributed by atoms with Gasteiger partial charge in [0.1, 0.15) is 0 Å². The number of nitrogens with two attached hydrogens (primary N) is 1. The maximum Gasteiger partial charge on any atom is 0.391 e. The van der Waals surface area contributed by atoms with E-state index in [0.29, 0.717) is 19.6 Å². The number of alkyl halides is 3. The van der Waals surface area contributed by atoms with Crippen LogP contribution in [0.5, 0.6) is 0 Å². The van der Waals surface area contributed by atoms with E-state index in [-0.39, 0.29) is 18.9 Å². The number of rotatable bonds is 4. The Morgan fingerprint density at radius 2 is 1.94 bits per heavy atom. The van der Waals surface area contributed by atoms with Gasteiger partial charge in [0, 0.05) is 13.2 Å². The molecular weight excluding hydrogens is 223 g/mol. The average molecular weight is 241 g/mol. The van der Waals surface area contributed by atoms with Gasteiger partial charge in [0.2, 0.25) is 0 Å². The summed E-state index contributed by atoms with van der Waals surface area (Å²) in [5, 5.41) is 0. The van der Waals surface area contributed by atoms with E-state index in [9.17, 15) is 13.2 Å². The van der Waals surface area contributed by atoms with Crippen LogP contribution in [0.3, 0.4) is 0 Å². The predicted octanol–water partition coefficient (Wildman–Crippen LogP) is 1.71. The van der Waals surface area contributed by atoms with Gasteiger partial charge in [0.15, 0.2) is 0 Å². The van der Waals surface area contributed by atoms with Crippen molar-refractivity contribution in [3.8, 4) is 0 Å². The first-order valence-corrected chi connectivity index (χ1v) is 5.38.